The SMILES string of the molecule is COc1ccccc1CCC(=O)OCC(=O)N(CCC#N)CCC#N. The number of ether oxygens (including phenoxy) is 2. The average Bonchev–Trinajstić information content (AvgIpc) is 2.64. The van der Waals surface area contributed by atoms with Gasteiger partial charge in [-0.25, -0.2) is 0 Å². The molecular weight excluding hydrogens is 322 g/mol. The highest BCUT2D eigenvalue weighted by atomic mass is 16.5. The van der Waals surface area contributed by atoms with Gasteiger partial charge in [0.2, 0.25) is 0 Å². The Morgan fingerprint density at radius 2 is 1.76 bits per heavy atom. The lowest BCUT2D eigenvalue weighted by molar-refractivity contribution is -0.152. The Labute approximate surface area is 147 Å². The van der Waals surface area contributed by atoms with Crippen LogP contribution in [0, 0.1) is 22.7 Å². The first-order valence-electron chi connectivity index (χ1n) is 7.91. The number of amides is 1. The van der Waals surface area contributed by atoms with Gasteiger partial charge in [-0.15, -0.1) is 0 Å². The fourth-order valence-corrected chi connectivity index (χ4v) is 2.18. The predicted molar refractivity (Wildman–Crippen MR) is 89.3 cm³/mol. The monoisotopic (exact) mass is 343 g/mol. The van der Waals surface area contributed by atoms with Crippen LogP contribution >= 0.6 is 0 Å². The smallest absolute Gasteiger partial charge is 0.306 e. The zero-order chi connectivity index (χ0) is 18.5. The average molecular weight is 343 g/mol. The molecule has 0 heterocycles. The second kappa shape index (κ2) is 11.5. The molecule has 25 heavy (non-hydrogen) atoms. The largest absolute Gasteiger partial charge is 0.496 e. The summed E-state index contributed by atoms with van der Waals surface area (Å²) in [6.07, 6.45) is 0.908. The van der Waals surface area contributed by atoms with E-state index in [0.29, 0.717) is 12.2 Å². The van der Waals surface area contributed by atoms with Crippen LogP contribution in [0.1, 0.15) is 24.8 Å². The number of hydrogen-bond donors (Lipinski definition) is 0. The van der Waals surface area contributed by atoms with E-state index < -0.39 is 11.9 Å². The molecule has 0 aliphatic carbocycles. The first kappa shape index (κ1) is 20.0. The molecule has 0 bridgehead atoms. The lowest BCUT2D eigenvalue weighted by atomic mass is 10.1. The van der Waals surface area contributed by atoms with E-state index >= 15 is 0 Å². The zero-order valence-electron chi connectivity index (χ0n) is 14.2. The molecular formula is C18H21N3O4. The van der Waals surface area contributed by atoms with Crippen molar-refractivity contribution in [2.45, 2.75) is 25.7 Å². The van der Waals surface area contributed by atoms with Crippen molar-refractivity contribution in [2.75, 3.05) is 26.8 Å². The summed E-state index contributed by atoms with van der Waals surface area (Å²) in [7, 11) is 1.56. The summed E-state index contributed by atoms with van der Waals surface area (Å²) in [5, 5.41) is 17.2. The topological polar surface area (TPSA) is 103 Å². The molecule has 7 nitrogen and oxygen atoms in total. The number of esters is 1. The molecule has 1 aromatic rings. The van der Waals surface area contributed by atoms with Crippen LogP contribution in [0.5, 0.6) is 5.75 Å². The Hall–Kier alpha value is -3.06. The number of carbonyl (C=O) groups excluding carboxylic acids is 2. The molecule has 1 aromatic carbocycles. The van der Waals surface area contributed by atoms with Gasteiger partial charge in [0.1, 0.15) is 5.75 Å². The van der Waals surface area contributed by atoms with Crippen LogP contribution in [0.25, 0.3) is 0 Å². The molecule has 0 fully saturated rings. The van der Waals surface area contributed by atoms with E-state index in [1.54, 1.807) is 7.11 Å². The van der Waals surface area contributed by atoms with Crippen molar-refractivity contribution in [2.24, 2.45) is 0 Å². The maximum Gasteiger partial charge on any atom is 0.306 e. The molecule has 0 aliphatic heterocycles. The summed E-state index contributed by atoms with van der Waals surface area (Å²) in [4.78, 5) is 25.2. The standard InChI is InChI=1S/C18H21N3O4/c1-24-16-7-3-2-6-15(16)8-9-18(23)25-14-17(22)21(12-4-10-19)13-5-11-20/h2-3,6-7H,4-5,8-9,12-14H2,1H3. The van der Waals surface area contributed by atoms with Gasteiger partial charge in [0.15, 0.2) is 6.61 Å². The molecule has 0 aromatic heterocycles. The molecule has 7 heteroatoms. The third-order valence-electron chi connectivity index (χ3n) is 3.49. The van der Waals surface area contributed by atoms with Gasteiger partial charge in [0, 0.05) is 19.5 Å². The maximum absolute atomic E-state index is 12.0. The Balaban J connectivity index is 2.44. The summed E-state index contributed by atoms with van der Waals surface area (Å²) in [5.74, 6) is -0.193. The number of para-hydroxylation sites is 1. The van der Waals surface area contributed by atoms with Crippen LogP contribution in [0.3, 0.4) is 0 Å². The fourth-order valence-electron chi connectivity index (χ4n) is 2.18. The fraction of sp³-hybridized carbons (Fsp3) is 0.444. The Bertz CT molecular complexity index is 643. The number of aryl methyl sites for hydroxylation is 1. The molecule has 0 unspecified atom stereocenters. The van der Waals surface area contributed by atoms with Crippen molar-refractivity contribution in [3.05, 3.63) is 29.8 Å². The molecule has 0 radical (unpaired) electrons. The summed E-state index contributed by atoms with van der Waals surface area (Å²) < 4.78 is 10.2. The zero-order valence-corrected chi connectivity index (χ0v) is 14.2. The lowest BCUT2D eigenvalue weighted by Gasteiger charge is -2.20. The minimum absolute atomic E-state index is 0.129. The van der Waals surface area contributed by atoms with Gasteiger partial charge in [-0.1, -0.05) is 18.2 Å². The van der Waals surface area contributed by atoms with Crippen molar-refractivity contribution in [3.63, 3.8) is 0 Å². The molecule has 0 saturated carbocycles. The van der Waals surface area contributed by atoms with Crippen molar-refractivity contribution in [1.82, 2.24) is 4.90 Å². The molecule has 0 aliphatic rings. The van der Waals surface area contributed by atoms with Gasteiger partial charge in [-0.3, -0.25) is 9.59 Å². The van der Waals surface area contributed by atoms with Crippen LogP contribution in [-0.4, -0.2) is 43.6 Å². The summed E-state index contributed by atoms with van der Waals surface area (Å²) in [6.45, 7) is 0.0488. The third-order valence-corrected chi connectivity index (χ3v) is 3.49. The number of methoxy groups -OCH3 is 1. The molecule has 0 saturated heterocycles. The van der Waals surface area contributed by atoms with E-state index in [0.717, 1.165) is 5.56 Å². The second-order valence-electron chi connectivity index (χ2n) is 5.17. The molecule has 0 N–H and O–H groups in total. The van der Waals surface area contributed by atoms with Gasteiger partial charge in [0.05, 0.1) is 32.1 Å². The minimum atomic E-state index is -0.486. The lowest BCUT2D eigenvalue weighted by Crippen LogP contribution is -2.36. The summed E-state index contributed by atoms with van der Waals surface area (Å²) in [5.41, 5.74) is 0.887. The van der Waals surface area contributed by atoms with Gasteiger partial charge >= 0.3 is 5.97 Å². The number of carbonyl (C=O) groups is 2. The normalized spacial score (nSPS) is 9.56. The van der Waals surface area contributed by atoms with Gasteiger partial charge < -0.3 is 14.4 Å². The van der Waals surface area contributed by atoms with Crippen LogP contribution in [0.4, 0.5) is 0 Å². The number of nitrogens with zero attached hydrogens (tertiary/aromatic N) is 3. The predicted octanol–water partition coefficient (Wildman–Crippen LogP) is 1.83. The first-order chi connectivity index (χ1) is 12.1. The van der Waals surface area contributed by atoms with Crippen LogP contribution < -0.4 is 4.74 Å². The van der Waals surface area contributed by atoms with Crippen LogP contribution in [0.15, 0.2) is 24.3 Å². The third kappa shape index (κ3) is 7.36. The molecule has 0 spiro atoms. The Kier molecular flexibility index (Phi) is 9.17. The van der Waals surface area contributed by atoms with Gasteiger partial charge in [-0.05, 0) is 18.1 Å². The highest BCUT2D eigenvalue weighted by Gasteiger charge is 2.15. The molecule has 132 valence electrons. The highest BCUT2D eigenvalue weighted by molar-refractivity contribution is 5.80. The van der Waals surface area contributed by atoms with E-state index in [-0.39, 0.29) is 39.0 Å². The molecule has 1 rings (SSSR count). The van der Waals surface area contributed by atoms with Crippen molar-refractivity contribution in [3.8, 4) is 17.9 Å². The van der Waals surface area contributed by atoms with Crippen LogP contribution in [-0.2, 0) is 20.7 Å². The number of rotatable bonds is 10. The number of hydrogen-bond acceptors (Lipinski definition) is 6. The Morgan fingerprint density at radius 1 is 1.12 bits per heavy atom. The highest BCUT2D eigenvalue weighted by Crippen LogP contribution is 2.18. The van der Waals surface area contributed by atoms with Crippen LogP contribution in [0.2, 0.25) is 0 Å². The number of nitriles is 2. The van der Waals surface area contributed by atoms with Crippen molar-refractivity contribution >= 4 is 11.9 Å². The maximum atomic E-state index is 12.0. The number of benzene rings is 1. The van der Waals surface area contributed by atoms with E-state index in [1.807, 2.05) is 36.4 Å². The minimum Gasteiger partial charge on any atom is -0.496 e. The van der Waals surface area contributed by atoms with E-state index in [9.17, 15) is 9.59 Å². The molecule has 0 atom stereocenters. The summed E-state index contributed by atoms with van der Waals surface area (Å²) >= 11 is 0. The van der Waals surface area contributed by atoms with Gasteiger partial charge in [-0.2, -0.15) is 10.5 Å². The quantitative estimate of drug-likeness (QED) is 0.600. The van der Waals surface area contributed by atoms with E-state index in [2.05, 4.69) is 0 Å². The Morgan fingerprint density at radius 3 is 2.36 bits per heavy atom. The molecule has 1 amide bonds. The van der Waals surface area contributed by atoms with Crippen molar-refractivity contribution < 1.29 is 19.1 Å². The summed E-state index contributed by atoms with van der Waals surface area (Å²) in [6, 6.07) is 11.3. The second-order valence-corrected chi connectivity index (χ2v) is 5.17. The first-order valence-corrected chi connectivity index (χ1v) is 7.91. The van der Waals surface area contributed by atoms with Gasteiger partial charge in [0.25, 0.3) is 5.91 Å². The van der Waals surface area contributed by atoms with E-state index in [4.69, 9.17) is 20.0 Å². The van der Waals surface area contributed by atoms with Crippen molar-refractivity contribution in [1.29, 1.82) is 10.5 Å². The van der Waals surface area contributed by atoms with E-state index in [1.165, 1.54) is 4.90 Å².